The Morgan fingerprint density at radius 2 is 1.89 bits per heavy atom. The first-order valence-corrected chi connectivity index (χ1v) is 6.64. The monoisotopic (exact) mass is 262 g/mol. The maximum absolute atomic E-state index is 11.8. The van der Waals surface area contributed by atoms with Gasteiger partial charge >= 0.3 is 7.12 Å². The van der Waals surface area contributed by atoms with Crippen LogP contribution in [-0.4, -0.2) is 35.3 Å². The van der Waals surface area contributed by atoms with Crippen LogP contribution >= 0.6 is 0 Å². The lowest BCUT2D eigenvalue weighted by Gasteiger charge is -2.32. The number of aromatic nitrogens is 1. The van der Waals surface area contributed by atoms with Gasteiger partial charge in [-0.3, -0.25) is 4.79 Å². The molecule has 3 rings (SSSR count). The third kappa shape index (κ3) is 1.90. The number of carbonyl (C=O) groups is 1. The van der Waals surface area contributed by atoms with Gasteiger partial charge in [0.15, 0.2) is 0 Å². The van der Waals surface area contributed by atoms with E-state index in [0.717, 1.165) is 12.0 Å². The van der Waals surface area contributed by atoms with E-state index in [4.69, 9.17) is 9.31 Å². The summed E-state index contributed by atoms with van der Waals surface area (Å²) in [6.07, 6.45) is 1.95. The standard InChI is InChI=1S/C13H19BN2O3/c1-12(2)13(3,4)19-14(18-12)9-7-10-11(17)15-5-6-16(10)8-9/h7-8H,5-6H2,1-4H3,(H,15,17). The molecule has 19 heavy (non-hydrogen) atoms. The Labute approximate surface area is 113 Å². The first-order chi connectivity index (χ1) is 8.80. The van der Waals surface area contributed by atoms with E-state index in [0.29, 0.717) is 12.2 Å². The molecule has 0 radical (unpaired) electrons. The maximum atomic E-state index is 11.8. The van der Waals surface area contributed by atoms with Crippen LogP contribution in [0.2, 0.25) is 0 Å². The van der Waals surface area contributed by atoms with E-state index >= 15 is 0 Å². The minimum absolute atomic E-state index is 0.0333. The van der Waals surface area contributed by atoms with Gasteiger partial charge in [0.25, 0.3) is 5.91 Å². The second kappa shape index (κ2) is 3.87. The molecule has 6 heteroatoms. The molecular weight excluding hydrogens is 243 g/mol. The maximum Gasteiger partial charge on any atom is 0.496 e. The quantitative estimate of drug-likeness (QED) is 0.751. The second-order valence-corrected chi connectivity index (χ2v) is 6.20. The summed E-state index contributed by atoms with van der Waals surface area (Å²) in [5.41, 5.74) is 0.867. The van der Waals surface area contributed by atoms with Crippen LogP contribution in [0, 0.1) is 0 Å². The number of fused-ring (bicyclic) bond motifs is 1. The summed E-state index contributed by atoms with van der Waals surface area (Å²) in [6, 6.07) is 1.86. The molecule has 3 heterocycles. The molecular formula is C13H19BN2O3. The number of hydrogen-bond donors (Lipinski definition) is 1. The predicted molar refractivity (Wildman–Crippen MR) is 72.5 cm³/mol. The molecule has 2 aliphatic rings. The molecule has 1 aromatic rings. The summed E-state index contributed by atoms with van der Waals surface area (Å²) in [5.74, 6) is -0.0333. The van der Waals surface area contributed by atoms with Gasteiger partial charge in [0.2, 0.25) is 0 Å². The molecule has 1 fully saturated rings. The Bertz CT molecular complexity index is 520. The first kappa shape index (κ1) is 12.8. The Morgan fingerprint density at radius 1 is 1.26 bits per heavy atom. The highest BCUT2D eigenvalue weighted by molar-refractivity contribution is 6.62. The molecule has 0 aromatic carbocycles. The lowest BCUT2D eigenvalue weighted by molar-refractivity contribution is 0.00578. The van der Waals surface area contributed by atoms with E-state index in [1.165, 1.54) is 0 Å². The fourth-order valence-corrected chi connectivity index (χ4v) is 2.40. The fourth-order valence-electron chi connectivity index (χ4n) is 2.40. The van der Waals surface area contributed by atoms with E-state index in [9.17, 15) is 4.79 Å². The predicted octanol–water partition coefficient (Wildman–Crippen LogP) is 0.531. The molecule has 5 nitrogen and oxygen atoms in total. The topological polar surface area (TPSA) is 52.5 Å². The van der Waals surface area contributed by atoms with Crippen molar-refractivity contribution in [2.75, 3.05) is 6.54 Å². The van der Waals surface area contributed by atoms with Gasteiger partial charge in [-0.25, -0.2) is 0 Å². The van der Waals surface area contributed by atoms with Crippen molar-refractivity contribution in [2.45, 2.75) is 45.4 Å². The van der Waals surface area contributed by atoms with Crippen molar-refractivity contribution in [1.82, 2.24) is 9.88 Å². The van der Waals surface area contributed by atoms with Gasteiger partial charge in [-0.15, -0.1) is 0 Å². The molecule has 102 valence electrons. The summed E-state index contributed by atoms with van der Waals surface area (Å²) >= 11 is 0. The van der Waals surface area contributed by atoms with E-state index in [1.54, 1.807) is 0 Å². The van der Waals surface area contributed by atoms with Crippen molar-refractivity contribution >= 4 is 18.5 Å². The fraction of sp³-hybridized carbons (Fsp3) is 0.615. The summed E-state index contributed by atoms with van der Waals surface area (Å²) < 4.78 is 13.9. The number of carbonyl (C=O) groups excluding carboxylic acids is 1. The molecule has 1 saturated heterocycles. The molecule has 0 aliphatic carbocycles. The molecule has 0 saturated carbocycles. The van der Waals surface area contributed by atoms with Crippen molar-refractivity contribution < 1.29 is 14.1 Å². The van der Waals surface area contributed by atoms with E-state index in [-0.39, 0.29) is 17.1 Å². The van der Waals surface area contributed by atoms with Crippen LogP contribution in [0.15, 0.2) is 12.3 Å². The zero-order chi connectivity index (χ0) is 13.8. The molecule has 1 N–H and O–H groups in total. The minimum atomic E-state index is -0.407. The summed E-state index contributed by atoms with van der Waals surface area (Å²) in [7, 11) is -0.407. The van der Waals surface area contributed by atoms with Gasteiger partial charge in [0.05, 0.1) is 11.2 Å². The molecule has 1 amide bonds. The minimum Gasteiger partial charge on any atom is -0.399 e. The van der Waals surface area contributed by atoms with E-state index in [2.05, 4.69) is 5.32 Å². The van der Waals surface area contributed by atoms with Crippen LogP contribution in [0.5, 0.6) is 0 Å². The third-order valence-electron chi connectivity index (χ3n) is 4.31. The van der Waals surface area contributed by atoms with Crippen LogP contribution < -0.4 is 10.8 Å². The second-order valence-electron chi connectivity index (χ2n) is 6.20. The molecule has 0 bridgehead atoms. The number of nitrogens with one attached hydrogen (secondary N) is 1. The summed E-state index contributed by atoms with van der Waals surface area (Å²) in [4.78, 5) is 11.8. The van der Waals surface area contributed by atoms with Crippen LogP contribution in [0.1, 0.15) is 38.2 Å². The highest BCUT2D eigenvalue weighted by Gasteiger charge is 2.52. The van der Waals surface area contributed by atoms with Crippen LogP contribution in [0.25, 0.3) is 0 Å². The highest BCUT2D eigenvalue weighted by atomic mass is 16.7. The summed E-state index contributed by atoms with van der Waals surface area (Å²) in [6.45, 7) is 9.56. The lowest BCUT2D eigenvalue weighted by Crippen LogP contribution is -2.41. The Kier molecular flexibility index (Phi) is 2.60. The van der Waals surface area contributed by atoms with E-state index < -0.39 is 7.12 Å². The average molecular weight is 262 g/mol. The van der Waals surface area contributed by atoms with Gasteiger partial charge in [-0.05, 0) is 33.8 Å². The SMILES string of the molecule is CC1(C)OB(c2cc3n(c2)CCNC3=O)OC1(C)C. The smallest absolute Gasteiger partial charge is 0.399 e. The largest absolute Gasteiger partial charge is 0.496 e. The van der Waals surface area contributed by atoms with Gasteiger partial charge in [0, 0.05) is 24.7 Å². The molecule has 0 unspecified atom stereocenters. The Balaban J connectivity index is 1.91. The third-order valence-corrected chi connectivity index (χ3v) is 4.31. The van der Waals surface area contributed by atoms with Crippen molar-refractivity contribution in [3.8, 4) is 0 Å². The van der Waals surface area contributed by atoms with Crippen molar-refractivity contribution in [3.05, 3.63) is 18.0 Å². The Morgan fingerprint density at radius 3 is 2.47 bits per heavy atom. The van der Waals surface area contributed by atoms with Gasteiger partial charge in [0.1, 0.15) is 5.69 Å². The number of hydrogen-bond acceptors (Lipinski definition) is 3. The van der Waals surface area contributed by atoms with Gasteiger partial charge in [-0.1, -0.05) is 0 Å². The molecule has 0 spiro atoms. The van der Waals surface area contributed by atoms with Crippen LogP contribution in [0.3, 0.4) is 0 Å². The zero-order valence-corrected chi connectivity index (χ0v) is 11.8. The highest BCUT2D eigenvalue weighted by Crippen LogP contribution is 2.36. The van der Waals surface area contributed by atoms with Crippen molar-refractivity contribution in [2.24, 2.45) is 0 Å². The van der Waals surface area contributed by atoms with Crippen molar-refractivity contribution in [3.63, 3.8) is 0 Å². The first-order valence-electron chi connectivity index (χ1n) is 6.64. The summed E-state index contributed by atoms with van der Waals surface area (Å²) in [5, 5.41) is 2.83. The lowest BCUT2D eigenvalue weighted by atomic mass is 9.81. The normalized spacial score (nSPS) is 24.2. The van der Waals surface area contributed by atoms with E-state index in [1.807, 2.05) is 44.5 Å². The molecule has 1 aromatic heterocycles. The Hall–Kier alpha value is -1.27. The number of amides is 1. The van der Waals surface area contributed by atoms with Crippen LogP contribution in [-0.2, 0) is 15.9 Å². The molecule has 2 aliphatic heterocycles. The van der Waals surface area contributed by atoms with Gasteiger partial charge < -0.3 is 19.2 Å². The van der Waals surface area contributed by atoms with Gasteiger partial charge in [-0.2, -0.15) is 0 Å². The van der Waals surface area contributed by atoms with Crippen molar-refractivity contribution in [1.29, 1.82) is 0 Å². The van der Waals surface area contributed by atoms with Crippen LogP contribution in [0.4, 0.5) is 0 Å². The zero-order valence-electron chi connectivity index (χ0n) is 11.8. The number of nitrogens with zero attached hydrogens (tertiary/aromatic N) is 1. The molecule has 0 atom stereocenters. The average Bonchev–Trinajstić information content (AvgIpc) is 2.80. The number of rotatable bonds is 1.